The van der Waals surface area contributed by atoms with E-state index in [1.165, 1.54) is 28.6 Å². The third-order valence-electron chi connectivity index (χ3n) is 5.00. The quantitative estimate of drug-likeness (QED) is 0.164. The molecular weight excluding hydrogens is 604 g/mol. The fourth-order valence-electron chi connectivity index (χ4n) is 3.57. The second-order valence-electron chi connectivity index (χ2n) is 8.01. The van der Waals surface area contributed by atoms with E-state index in [1.807, 2.05) is 42.7 Å². The molecule has 0 amide bonds. The summed E-state index contributed by atoms with van der Waals surface area (Å²) in [4.78, 5) is 2.67. The van der Waals surface area contributed by atoms with Gasteiger partial charge in [0.15, 0.2) is 0 Å². The average molecular weight is 629 g/mol. The predicted octanol–water partition coefficient (Wildman–Crippen LogP) is 7.63. The molecule has 0 saturated carbocycles. The minimum absolute atomic E-state index is 0.163. The van der Waals surface area contributed by atoms with Gasteiger partial charge in [-0.15, -0.1) is 0 Å². The topological polar surface area (TPSA) is 15.7 Å². The Kier molecular flexibility index (Phi) is 10.6. The van der Waals surface area contributed by atoms with Crippen molar-refractivity contribution >= 4 is 35.4 Å². The molecule has 1 aliphatic rings. The number of nitrogens with zero attached hydrogens (tertiary/aromatic N) is 2. The summed E-state index contributed by atoms with van der Waals surface area (Å²) in [6.45, 7) is 6.06. The van der Waals surface area contributed by atoms with Gasteiger partial charge < -0.3 is 9.80 Å². The van der Waals surface area contributed by atoms with Crippen LogP contribution in [-0.4, -0.2) is 23.8 Å². The Labute approximate surface area is 221 Å². The summed E-state index contributed by atoms with van der Waals surface area (Å²) in [5.74, 6) is -2.01. The number of ether oxygens (including phenoxy) is 1. The molecule has 0 bridgehead atoms. The Bertz CT molecular complexity index is 1110. The molecule has 0 radical (unpaired) electrons. The summed E-state index contributed by atoms with van der Waals surface area (Å²) in [5, 5.41) is 0. The predicted molar refractivity (Wildman–Crippen MR) is 135 cm³/mol. The van der Waals surface area contributed by atoms with Gasteiger partial charge in [-0.2, -0.15) is 6.67 Å². The molecular formula is C26H25Cl2F4N2ORu-. The summed E-state index contributed by atoms with van der Waals surface area (Å²) in [6, 6.07) is 14.9. The Morgan fingerprint density at radius 1 is 0.806 bits per heavy atom. The summed E-state index contributed by atoms with van der Waals surface area (Å²) >= 11 is -1.77. The molecule has 0 spiro atoms. The van der Waals surface area contributed by atoms with E-state index in [0.717, 1.165) is 35.6 Å². The van der Waals surface area contributed by atoms with Gasteiger partial charge in [-0.25, -0.2) is 17.6 Å². The number of hydrogen-bond donors (Lipinski definition) is 0. The van der Waals surface area contributed by atoms with Gasteiger partial charge in [-0.3, -0.25) is 0 Å². The van der Waals surface area contributed by atoms with Crippen LogP contribution in [-0.2, 0) is 13.5 Å². The van der Waals surface area contributed by atoms with Crippen molar-refractivity contribution in [2.75, 3.05) is 22.9 Å². The molecule has 3 nitrogen and oxygen atoms in total. The van der Waals surface area contributed by atoms with E-state index in [2.05, 4.69) is 0 Å². The fourth-order valence-corrected chi connectivity index (χ4v) is 5.38. The van der Waals surface area contributed by atoms with Gasteiger partial charge in [0.1, 0.15) is 23.3 Å². The van der Waals surface area contributed by atoms with Crippen LogP contribution in [0.1, 0.15) is 25.8 Å². The molecule has 3 aromatic rings. The molecule has 0 unspecified atom stereocenters. The van der Waals surface area contributed by atoms with Crippen molar-refractivity contribution in [2.45, 2.75) is 26.4 Å². The Morgan fingerprint density at radius 2 is 1.28 bits per heavy atom. The molecule has 36 heavy (non-hydrogen) atoms. The minimum atomic E-state index is -1.77. The molecule has 4 rings (SSSR count). The first-order chi connectivity index (χ1) is 17.2. The zero-order chi connectivity index (χ0) is 26.2. The number of para-hydroxylation sites is 3. The summed E-state index contributed by atoms with van der Waals surface area (Å²) in [6.07, 6.45) is 0.675. The monoisotopic (exact) mass is 629 g/mol. The normalized spacial score (nSPS) is 13.8. The van der Waals surface area contributed by atoms with Crippen LogP contribution in [0.2, 0.25) is 0 Å². The first-order valence-corrected chi connectivity index (χ1v) is 16.5. The van der Waals surface area contributed by atoms with Crippen molar-refractivity contribution in [1.29, 1.82) is 0 Å². The number of hydrogen-bond acceptors (Lipinski definition) is 3. The molecule has 1 heterocycles. The maximum absolute atomic E-state index is 13.9. The van der Waals surface area contributed by atoms with E-state index in [0.29, 0.717) is 19.5 Å². The minimum Gasteiger partial charge on any atom is -0.499 e. The maximum Gasteiger partial charge on any atom is 0.147 e. The molecule has 1 aliphatic heterocycles. The average Bonchev–Trinajstić information content (AvgIpc) is 2.80. The second kappa shape index (κ2) is 13.4. The number of halogens is 6. The fraction of sp³-hybridized carbons (Fsp3) is 0.231. The van der Waals surface area contributed by atoms with E-state index in [-0.39, 0.29) is 17.5 Å². The van der Waals surface area contributed by atoms with Crippen molar-refractivity contribution in [3.63, 3.8) is 0 Å². The van der Waals surface area contributed by atoms with Crippen LogP contribution in [0.15, 0.2) is 60.7 Å². The Morgan fingerprint density at radius 3 is 1.72 bits per heavy atom. The van der Waals surface area contributed by atoms with Crippen molar-refractivity contribution in [3.05, 3.63) is 96.2 Å². The molecule has 1 saturated heterocycles. The maximum atomic E-state index is 13.9. The number of rotatable bonds is 5. The zero-order valence-corrected chi connectivity index (χ0v) is 22.8. The molecule has 196 valence electrons. The van der Waals surface area contributed by atoms with Gasteiger partial charge in [-0.1, -0.05) is 12.1 Å². The van der Waals surface area contributed by atoms with Crippen LogP contribution in [0.25, 0.3) is 0 Å². The summed E-state index contributed by atoms with van der Waals surface area (Å²) in [7, 11) is 11.6. The summed E-state index contributed by atoms with van der Waals surface area (Å²) in [5.41, 5.74) is 0.554. The van der Waals surface area contributed by atoms with Gasteiger partial charge in [0, 0.05) is 0 Å². The Balaban J connectivity index is 0.000000223. The van der Waals surface area contributed by atoms with Crippen LogP contribution >= 0.6 is 19.4 Å². The van der Waals surface area contributed by atoms with Crippen LogP contribution in [0.3, 0.4) is 0 Å². The van der Waals surface area contributed by atoms with Crippen LogP contribution in [0.5, 0.6) is 5.75 Å². The zero-order valence-electron chi connectivity index (χ0n) is 19.6. The van der Waals surface area contributed by atoms with Gasteiger partial charge in [0.25, 0.3) is 0 Å². The third kappa shape index (κ3) is 7.68. The van der Waals surface area contributed by atoms with E-state index >= 15 is 0 Å². The van der Waals surface area contributed by atoms with Crippen molar-refractivity contribution in [3.8, 4) is 5.75 Å². The number of benzene rings is 3. The van der Waals surface area contributed by atoms with E-state index in [9.17, 15) is 17.6 Å². The molecule has 0 atom stereocenters. The molecule has 0 N–H and O–H groups in total. The van der Waals surface area contributed by atoms with Gasteiger partial charge in [0.05, 0.1) is 11.4 Å². The van der Waals surface area contributed by atoms with Crippen molar-refractivity contribution in [1.82, 2.24) is 0 Å². The Hall–Kier alpha value is -2.15. The van der Waals surface area contributed by atoms with E-state index < -0.39 is 36.8 Å². The first kappa shape index (κ1) is 28.4. The van der Waals surface area contributed by atoms with E-state index in [1.54, 1.807) is 0 Å². The smallest absolute Gasteiger partial charge is 0.147 e. The van der Waals surface area contributed by atoms with Crippen molar-refractivity contribution in [2.24, 2.45) is 0 Å². The first-order valence-electron chi connectivity index (χ1n) is 11.0. The van der Waals surface area contributed by atoms with Gasteiger partial charge >= 0.3 is 97.8 Å². The molecule has 3 aromatic carbocycles. The van der Waals surface area contributed by atoms with Crippen LogP contribution in [0.4, 0.5) is 28.9 Å². The number of anilines is 2. The molecule has 0 aliphatic carbocycles. The van der Waals surface area contributed by atoms with Gasteiger partial charge in [-0.05, 0) is 43.8 Å². The van der Waals surface area contributed by atoms with Crippen molar-refractivity contribution < 1.29 is 35.8 Å². The van der Waals surface area contributed by atoms with E-state index in [4.69, 9.17) is 24.1 Å². The van der Waals surface area contributed by atoms with Gasteiger partial charge in [0.2, 0.25) is 0 Å². The third-order valence-corrected chi connectivity index (χ3v) is 6.83. The standard InChI is InChI=1S/C16H13F4N2.C10H12O.2ClH.Ru/c17-11-4-1-5-12(18)15(11)21-8-3-9-22(10-21)16-13(19)6-2-7-14(16)20;1-8(2)11-10-7-5-4-6-9(10)3;;;/h1-2,4-7,10H,3,8-9H2;3-8H,1-2H3;2*1H;/q-1;;;;+2/p-2. The summed E-state index contributed by atoms with van der Waals surface area (Å²) < 4.78 is 62.9. The van der Waals surface area contributed by atoms with Crippen LogP contribution < -0.4 is 14.5 Å². The second-order valence-corrected chi connectivity index (χ2v) is 13.7. The van der Waals surface area contributed by atoms with Crippen LogP contribution in [0, 0.1) is 29.9 Å². The SMILES string of the molecule is CC(C)Oc1ccccc1[CH]=[Ru]([Cl])[Cl].Fc1cccc(F)c1N1[CH-]N(c2c(F)cccc2F)CCC1. The largest absolute Gasteiger partial charge is 0.499 e. The molecule has 10 heteroatoms. The molecule has 1 fully saturated rings. The molecule has 0 aromatic heterocycles.